The molecule has 1 saturated carbocycles. The third kappa shape index (κ3) is 2.70. The summed E-state index contributed by atoms with van der Waals surface area (Å²) in [6.45, 7) is 2.32. The molecule has 0 bridgehead atoms. The maximum atomic E-state index is 11.4. The van der Waals surface area contributed by atoms with E-state index in [1.807, 2.05) is 25.1 Å². The third-order valence-corrected chi connectivity index (χ3v) is 3.93. The second-order valence-electron chi connectivity index (χ2n) is 5.31. The number of hydrogen-bond donors (Lipinski definition) is 2. The highest BCUT2D eigenvalue weighted by Crippen LogP contribution is 2.38. The van der Waals surface area contributed by atoms with Gasteiger partial charge in [0.15, 0.2) is 0 Å². The molecule has 4 heteroatoms. The molecule has 1 aromatic carbocycles. The molecule has 0 heterocycles. The summed E-state index contributed by atoms with van der Waals surface area (Å²) in [5, 5.41) is 21.7. The number of nitriles is 1. The minimum absolute atomic E-state index is 0.389. The number of benzene rings is 1. The molecule has 0 spiro atoms. The van der Waals surface area contributed by atoms with Crippen LogP contribution in [0.25, 0.3) is 0 Å². The normalized spacial score (nSPS) is 16.8. The van der Waals surface area contributed by atoms with E-state index in [9.17, 15) is 9.90 Å². The molecule has 2 rings (SSSR count). The van der Waals surface area contributed by atoms with Crippen LogP contribution in [0.4, 0.5) is 5.69 Å². The van der Waals surface area contributed by atoms with E-state index in [0.29, 0.717) is 24.9 Å². The van der Waals surface area contributed by atoms with E-state index < -0.39 is 11.4 Å². The molecule has 19 heavy (non-hydrogen) atoms. The van der Waals surface area contributed by atoms with Crippen LogP contribution in [0.2, 0.25) is 0 Å². The molecule has 0 aliphatic heterocycles. The maximum absolute atomic E-state index is 11.4. The molecule has 0 atom stereocenters. The predicted molar refractivity (Wildman–Crippen MR) is 72.9 cm³/mol. The molecule has 100 valence electrons. The van der Waals surface area contributed by atoms with Gasteiger partial charge in [0.25, 0.3) is 0 Å². The number of carboxylic acids is 1. The van der Waals surface area contributed by atoms with Crippen molar-refractivity contribution in [1.82, 2.24) is 0 Å². The van der Waals surface area contributed by atoms with Crippen molar-refractivity contribution in [3.05, 3.63) is 29.3 Å². The first-order chi connectivity index (χ1) is 9.07. The zero-order valence-corrected chi connectivity index (χ0v) is 11.1. The minimum atomic E-state index is -0.733. The molecule has 0 radical (unpaired) electrons. The number of aliphatic carboxylic acids is 1. The van der Waals surface area contributed by atoms with Crippen molar-refractivity contribution in [2.75, 3.05) is 11.9 Å². The Bertz CT molecular complexity index is 525. The van der Waals surface area contributed by atoms with Gasteiger partial charge in [-0.2, -0.15) is 5.26 Å². The van der Waals surface area contributed by atoms with Crippen molar-refractivity contribution in [3.8, 4) is 6.07 Å². The Morgan fingerprint density at radius 3 is 2.74 bits per heavy atom. The topological polar surface area (TPSA) is 73.1 Å². The molecular formula is C15H18N2O2. The van der Waals surface area contributed by atoms with E-state index in [1.54, 1.807) is 0 Å². The lowest BCUT2D eigenvalue weighted by atomic mass is 9.86. The predicted octanol–water partition coefficient (Wildman–Crippen LogP) is 2.92. The van der Waals surface area contributed by atoms with Crippen LogP contribution in [-0.2, 0) is 4.79 Å². The molecule has 2 N–H and O–H groups in total. The smallest absolute Gasteiger partial charge is 0.311 e. The van der Waals surface area contributed by atoms with E-state index in [4.69, 9.17) is 5.26 Å². The van der Waals surface area contributed by atoms with Crippen molar-refractivity contribution < 1.29 is 9.90 Å². The molecular weight excluding hydrogens is 240 g/mol. The van der Waals surface area contributed by atoms with E-state index in [1.165, 1.54) is 0 Å². The number of hydrogen-bond acceptors (Lipinski definition) is 3. The van der Waals surface area contributed by atoms with Gasteiger partial charge in [-0.3, -0.25) is 4.79 Å². The highest BCUT2D eigenvalue weighted by Gasteiger charge is 2.41. The van der Waals surface area contributed by atoms with E-state index in [2.05, 4.69) is 11.4 Å². The highest BCUT2D eigenvalue weighted by atomic mass is 16.4. The Balaban J connectivity index is 2.14. The number of nitrogens with one attached hydrogen (secondary N) is 1. The van der Waals surface area contributed by atoms with Gasteiger partial charge in [0.05, 0.1) is 16.7 Å². The summed E-state index contributed by atoms with van der Waals surface area (Å²) in [6, 6.07) is 7.72. The fraction of sp³-hybridized carbons (Fsp3) is 0.467. The van der Waals surface area contributed by atoms with Gasteiger partial charge < -0.3 is 10.4 Å². The second kappa shape index (κ2) is 5.31. The van der Waals surface area contributed by atoms with Crippen molar-refractivity contribution in [2.45, 2.75) is 32.6 Å². The standard InChI is InChI=1S/C15H18N2O2/c1-11-4-5-13(12(8-11)9-16)17-10-15(14(18)19)6-2-3-7-15/h4-5,8,17H,2-3,6-7,10H2,1H3,(H,18,19). The van der Waals surface area contributed by atoms with Crippen molar-refractivity contribution in [1.29, 1.82) is 5.26 Å². The summed E-state index contributed by atoms with van der Waals surface area (Å²) in [6.07, 6.45) is 3.35. The van der Waals surface area contributed by atoms with Crippen LogP contribution >= 0.6 is 0 Å². The van der Waals surface area contributed by atoms with Crippen LogP contribution in [0.15, 0.2) is 18.2 Å². The molecule has 1 fully saturated rings. The maximum Gasteiger partial charge on any atom is 0.311 e. The van der Waals surface area contributed by atoms with E-state index >= 15 is 0 Å². The number of aryl methyl sites for hydroxylation is 1. The quantitative estimate of drug-likeness (QED) is 0.870. The lowest BCUT2D eigenvalue weighted by molar-refractivity contribution is -0.147. The van der Waals surface area contributed by atoms with E-state index in [0.717, 1.165) is 24.1 Å². The Morgan fingerprint density at radius 2 is 2.16 bits per heavy atom. The van der Waals surface area contributed by atoms with Crippen LogP contribution in [0, 0.1) is 23.7 Å². The Labute approximate surface area is 113 Å². The van der Waals surface area contributed by atoms with Crippen LogP contribution < -0.4 is 5.32 Å². The lowest BCUT2D eigenvalue weighted by Gasteiger charge is -2.25. The molecule has 1 aliphatic carbocycles. The van der Waals surface area contributed by atoms with Gasteiger partial charge in [-0.15, -0.1) is 0 Å². The molecule has 1 aromatic rings. The fourth-order valence-electron chi connectivity index (χ4n) is 2.69. The van der Waals surface area contributed by atoms with Gasteiger partial charge in [-0.05, 0) is 37.5 Å². The van der Waals surface area contributed by atoms with Gasteiger partial charge >= 0.3 is 5.97 Å². The summed E-state index contributed by atoms with van der Waals surface area (Å²) in [7, 11) is 0. The molecule has 1 aliphatic rings. The lowest BCUT2D eigenvalue weighted by Crippen LogP contribution is -2.35. The second-order valence-corrected chi connectivity index (χ2v) is 5.31. The number of rotatable bonds is 4. The number of carboxylic acid groups (broad SMARTS) is 1. The zero-order chi connectivity index (χ0) is 13.9. The summed E-state index contributed by atoms with van der Waals surface area (Å²) >= 11 is 0. The van der Waals surface area contributed by atoms with Gasteiger partial charge in [-0.25, -0.2) is 0 Å². The van der Waals surface area contributed by atoms with Crippen LogP contribution in [0.5, 0.6) is 0 Å². The van der Waals surface area contributed by atoms with Gasteiger partial charge in [0.2, 0.25) is 0 Å². The van der Waals surface area contributed by atoms with Gasteiger partial charge in [0.1, 0.15) is 6.07 Å². The summed E-state index contributed by atoms with van der Waals surface area (Å²) < 4.78 is 0. The van der Waals surface area contributed by atoms with Crippen molar-refractivity contribution >= 4 is 11.7 Å². The van der Waals surface area contributed by atoms with Gasteiger partial charge in [-0.1, -0.05) is 18.9 Å². The highest BCUT2D eigenvalue weighted by molar-refractivity contribution is 5.76. The molecule has 4 nitrogen and oxygen atoms in total. The SMILES string of the molecule is Cc1ccc(NCC2(C(=O)O)CCCC2)c(C#N)c1. The molecule has 0 aromatic heterocycles. The summed E-state index contributed by atoms with van der Waals surface area (Å²) in [4.78, 5) is 11.4. The summed E-state index contributed by atoms with van der Waals surface area (Å²) in [5.41, 5.74) is 1.65. The average molecular weight is 258 g/mol. The average Bonchev–Trinajstić information content (AvgIpc) is 2.87. The molecule has 0 saturated heterocycles. The Hall–Kier alpha value is -2.02. The fourth-order valence-corrected chi connectivity index (χ4v) is 2.69. The minimum Gasteiger partial charge on any atom is -0.481 e. The first-order valence-corrected chi connectivity index (χ1v) is 6.55. The molecule has 0 unspecified atom stereocenters. The Morgan fingerprint density at radius 1 is 1.47 bits per heavy atom. The number of anilines is 1. The van der Waals surface area contributed by atoms with Crippen molar-refractivity contribution in [2.24, 2.45) is 5.41 Å². The number of carbonyl (C=O) groups is 1. The monoisotopic (exact) mass is 258 g/mol. The van der Waals surface area contributed by atoms with Gasteiger partial charge in [0, 0.05) is 6.54 Å². The first-order valence-electron chi connectivity index (χ1n) is 6.55. The Kier molecular flexibility index (Phi) is 3.75. The summed E-state index contributed by atoms with van der Waals surface area (Å²) in [5.74, 6) is -0.733. The van der Waals surface area contributed by atoms with E-state index in [-0.39, 0.29) is 0 Å². The third-order valence-electron chi connectivity index (χ3n) is 3.93. The van der Waals surface area contributed by atoms with Crippen LogP contribution in [0.3, 0.4) is 0 Å². The number of nitrogens with zero attached hydrogens (tertiary/aromatic N) is 1. The molecule has 0 amide bonds. The largest absolute Gasteiger partial charge is 0.481 e. The zero-order valence-electron chi connectivity index (χ0n) is 11.1. The van der Waals surface area contributed by atoms with Crippen LogP contribution in [-0.4, -0.2) is 17.6 Å². The first kappa shape index (κ1) is 13.4. The van der Waals surface area contributed by atoms with Crippen LogP contribution in [0.1, 0.15) is 36.8 Å². The van der Waals surface area contributed by atoms with Crippen molar-refractivity contribution in [3.63, 3.8) is 0 Å².